The third-order valence-electron chi connectivity index (χ3n) is 4.01. The smallest absolute Gasteiger partial charge is 0.310 e. The van der Waals surface area contributed by atoms with Crippen LogP contribution >= 0.6 is 0 Å². The lowest BCUT2D eigenvalue weighted by molar-refractivity contribution is -0.915. The number of morpholine rings is 1. The average Bonchev–Trinajstić information content (AvgIpc) is 2.49. The van der Waals surface area contributed by atoms with Crippen LogP contribution in [0.2, 0.25) is 0 Å². The van der Waals surface area contributed by atoms with E-state index in [9.17, 15) is 10.1 Å². The van der Waals surface area contributed by atoms with Crippen LogP contribution in [0.25, 0.3) is 0 Å². The van der Waals surface area contributed by atoms with Gasteiger partial charge in [-0.25, -0.2) is 0 Å². The Morgan fingerprint density at radius 3 is 2.62 bits per heavy atom. The lowest BCUT2D eigenvalue weighted by atomic mass is 10.2. The largest absolute Gasteiger partial charge is 0.484 e. The average molecular weight is 339 g/mol. The summed E-state index contributed by atoms with van der Waals surface area (Å²) in [6.07, 6.45) is 0.572. The lowest BCUT2D eigenvalue weighted by Gasteiger charge is -2.32. The van der Waals surface area contributed by atoms with Gasteiger partial charge in [0.05, 0.1) is 18.1 Å². The Hall–Kier alpha value is -1.70. The summed E-state index contributed by atoms with van der Waals surface area (Å²) in [6.45, 7) is 10.4. The Morgan fingerprint density at radius 1 is 1.25 bits per heavy atom. The van der Waals surface area contributed by atoms with Gasteiger partial charge in [-0.3, -0.25) is 10.1 Å². The molecule has 7 nitrogen and oxygen atoms in total. The fourth-order valence-electron chi connectivity index (χ4n) is 3.01. The predicted octanol–water partition coefficient (Wildman–Crippen LogP) is 0.991. The van der Waals surface area contributed by atoms with E-state index < -0.39 is 4.92 Å². The van der Waals surface area contributed by atoms with Crippen molar-refractivity contribution in [2.75, 3.05) is 39.5 Å². The summed E-state index contributed by atoms with van der Waals surface area (Å²) in [4.78, 5) is 12.0. The Kier molecular flexibility index (Phi) is 6.96. The molecule has 0 saturated carbocycles. The summed E-state index contributed by atoms with van der Waals surface area (Å²) < 4.78 is 16.8. The molecule has 134 valence electrons. The highest BCUT2D eigenvalue weighted by atomic mass is 16.6. The van der Waals surface area contributed by atoms with E-state index in [-0.39, 0.29) is 17.9 Å². The van der Waals surface area contributed by atoms with Crippen molar-refractivity contribution >= 4 is 5.69 Å². The molecule has 1 saturated heterocycles. The Labute approximate surface area is 142 Å². The monoisotopic (exact) mass is 339 g/mol. The van der Waals surface area contributed by atoms with Crippen LogP contribution in [-0.4, -0.2) is 56.6 Å². The minimum Gasteiger partial charge on any atom is -0.484 e. The Balaban J connectivity index is 1.67. The minimum absolute atomic E-state index is 0.0127. The number of benzene rings is 1. The summed E-state index contributed by atoms with van der Waals surface area (Å²) in [5.41, 5.74) is 0.914. The first-order chi connectivity index (χ1) is 11.5. The number of hydrogen-bond donors (Lipinski definition) is 1. The molecule has 2 atom stereocenters. The number of aryl methyl sites for hydroxylation is 1. The predicted molar refractivity (Wildman–Crippen MR) is 89.7 cm³/mol. The van der Waals surface area contributed by atoms with Crippen molar-refractivity contribution in [3.8, 4) is 5.75 Å². The van der Waals surface area contributed by atoms with Gasteiger partial charge in [0.15, 0.2) is 5.75 Å². The summed E-state index contributed by atoms with van der Waals surface area (Å²) in [5, 5.41) is 11.0. The summed E-state index contributed by atoms with van der Waals surface area (Å²) in [7, 11) is 0. The first-order valence-electron chi connectivity index (χ1n) is 8.40. The Morgan fingerprint density at radius 2 is 1.96 bits per heavy atom. The molecule has 2 rings (SSSR count). The third-order valence-corrected chi connectivity index (χ3v) is 4.01. The number of quaternary nitrogens is 1. The lowest BCUT2D eigenvalue weighted by Crippen LogP contribution is -3.15. The summed E-state index contributed by atoms with van der Waals surface area (Å²) >= 11 is 0. The van der Waals surface area contributed by atoms with Crippen LogP contribution in [0.1, 0.15) is 19.4 Å². The second-order valence-electron chi connectivity index (χ2n) is 6.35. The number of nitro benzene ring substituents is 1. The first-order valence-corrected chi connectivity index (χ1v) is 8.40. The molecule has 1 aliphatic heterocycles. The van der Waals surface area contributed by atoms with Crippen molar-refractivity contribution in [1.82, 2.24) is 0 Å². The molecule has 1 heterocycles. The van der Waals surface area contributed by atoms with Gasteiger partial charge in [0.2, 0.25) is 0 Å². The number of hydrogen-bond acceptors (Lipinski definition) is 5. The number of nitrogens with one attached hydrogen (secondary N) is 1. The highest BCUT2D eigenvalue weighted by Gasteiger charge is 2.25. The van der Waals surface area contributed by atoms with Gasteiger partial charge in [0.25, 0.3) is 0 Å². The maximum absolute atomic E-state index is 11.0. The summed E-state index contributed by atoms with van der Waals surface area (Å²) in [5.74, 6) is 0.296. The van der Waals surface area contributed by atoms with Crippen molar-refractivity contribution in [3.63, 3.8) is 0 Å². The van der Waals surface area contributed by atoms with Gasteiger partial charge < -0.3 is 19.1 Å². The number of nitro groups is 1. The second kappa shape index (κ2) is 8.96. The van der Waals surface area contributed by atoms with E-state index in [4.69, 9.17) is 14.2 Å². The van der Waals surface area contributed by atoms with Crippen LogP contribution < -0.4 is 9.64 Å². The zero-order valence-corrected chi connectivity index (χ0v) is 14.6. The summed E-state index contributed by atoms with van der Waals surface area (Å²) in [6, 6.07) is 4.85. The van der Waals surface area contributed by atoms with E-state index in [0.717, 1.165) is 25.2 Å². The van der Waals surface area contributed by atoms with Crippen LogP contribution in [0.3, 0.4) is 0 Å². The van der Waals surface area contributed by atoms with Gasteiger partial charge in [0, 0.05) is 6.07 Å². The van der Waals surface area contributed by atoms with Gasteiger partial charge in [-0.15, -0.1) is 0 Å². The molecule has 24 heavy (non-hydrogen) atoms. The van der Waals surface area contributed by atoms with Crippen molar-refractivity contribution in [1.29, 1.82) is 0 Å². The molecule has 1 aliphatic rings. The van der Waals surface area contributed by atoms with Crippen LogP contribution in [0, 0.1) is 17.0 Å². The van der Waals surface area contributed by atoms with E-state index in [0.29, 0.717) is 25.6 Å². The van der Waals surface area contributed by atoms with Crippen LogP contribution in [0.5, 0.6) is 5.75 Å². The molecular formula is C17H27N2O5+. The van der Waals surface area contributed by atoms with Gasteiger partial charge in [-0.05, 0) is 32.4 Å². The van der Waals surface area contributed by atoms with Gasteiger partial charge >= 0.3 is 5.69 Å². The topological polar surface area (TPSA) is 75.3 Å². The molecule has 0 unspecified atom stereocenters. The van der Waals surface area contributed by atoms with Gasteiger partial charge in [-0.1, -0.05) is 6.07 Å². The number of nitrogens with zero attached hydrogens (tertiary/aromatic N) is 1. The second-order valence-corrected chi connectivity index (χ2v) is 6.35. The van der Waals surface area contributed by atoms with E-state index in [1.54, 1.807) is 12.1 Å². The molecule has 0 aromatic heterocycles. The van der Waals surface area contributed by atoms with E-state index in [1.807, 2.05) is 6.92 Å². The van der Waals surface area contributed by atoms with E-state index in [1.165, 1.54) is 11.0 Å². The fourth-order valence-corrected chi connectivity index (χ4v) is 3.01. The SMILES string of the molecule is Cc1ccc([N+](=O)[O-])c(OCCOCC[NH+]2C[C@H](C)O[C@@H](C)C2)c1. The fraction of sp³-hybridized carbons (Fsp3) is 0.647. The normalized spacial score (nSPS) is 23.9. The van der Waals surface area contributed by atoms with E-state index >= 15 is 0 Å². The van der Waals surface area contributed by atoms with Crippen LogP contribution in [0.4, 0.5) is 5.69 Å². The molecule has 1 fully saturated rings. The van der Waals surface area contributed by atoms with Crippen molar-refractivity contribution in [3.05, 3.63) is 33.9 Å². The maximum atomic E-state index is 11.0. The van der Waals surface area contributed by atoms with Crippen molar-refractivity contribution in [2.24, 2.45) is 0 Å². The van der Waals surface area contributed by atoms with Crippen molar-refractivity contribution < 1.29 is 24.0 Å². The molecule has 1 aromatic carbocycles. The van der Waals surface area contributed by atoms with Crippen LogP contribution in [0.15, 0.2) is 18.2 Å². The molecule has 0 amide bonds. The quantitative estimate of drug-likeness (QED) is 0.434. The first kappa shape index (κ1) is 18.6. The molecule has 0 radical (unpaired) electrons. The number of rotatable bonds is 8. The van der Waals surface area contributed by atoms with Crippen molar-refractivity contribution in [2.45, 2.75) is 33.0 Å². The highest BCUT2D eigenvalue weighted by Crippen LogP contribution is 2.27. The molecular weight excluding hydrogens is 312 g/mol. The highest BCUT2D eigenvalue weighted by molar-refractivity contribution is 5.48. The Bertz CT molecular complexity index is 542. The van der Waals surface area contributed by atoms with Crippen LogP contribution in [-0.2, 0) is 9.47 Å². The molecule has 1 N–H and O–H groups in total. The molecule has 1 aromatic rings. The molecule has 0 aliphatic carbocycles. The zero-order chi connectivity index (χ0) is 17.5. The maximum Gasteiger partial charge on any atom is 0.310 e. The third kappa shape index (κ3) is 5.74. The van der Waals surface area contributed by atoms with E-state index in [2.05, 4.69) is 13.8 Å². The van der Waals surface area contributed by atoms with Gasteiger partial charge in [0.1, 0.15) is 38.4 Å². The minimum atomic E-state index is -0.431. The molecule has 0 spiro atoms. The van der Waals surface area contributed by atoms with Gasteiger partial charge in [-0.2, -0.15) is 0 Å². The molecule has 7 heteroatoms. The molecule has 0 bridgehead atoms. The standard InChI is InChI=1S/C17H26N2O5/c1-13-4-5-16(19(20)21)17(10-13)23-9-8-22-7-6-18-11-14(2)24-15(3)12-18/h4-5,10,14-15H,6-9,11-12H2,1-3H3/p+1/t14-,15-/m0/s1. The zero-order valence-electron chi connectivity index (χ0n) is 14.6. The number of ether oxygens (including phenoxy) is 3.